The molecule has 0 heterocycles. The number of amides is 2. The molecule has 0 aliphatic heterocycles. The lowest BCUT2D eigenvalue weighted by molar-refractivity contribution is -0.213. The minimum atomic E-state index is -5.17. The predicted molar refractivity (Wildman–Crippen MR) is 91.1 cm³/mol. The lowest BCUT2D eigenvalue weighted by Crippen LogP contribution is -2.62. The van der Waals surface area contributed by atoms with Gasteiger partial charge in [-0.2, -0.15) is 13.2 Å². The molecule has 2 amide bonds. The van der Waals surface area contributed by atoms with Crippen molar-refractivity contribution in [2.24, 2.45) is 0 Å². The molecule has 0 aromatic heterocycles. The quantitative estimate of drug-likeness (QED) is 0.545. The standard InChI is InChI=1S/C18H17F3N2O4/c1-2-27-15(25)17(18(19,20)21,12-6-4-3-5-7-12)23-16(26)22-13-8-10-14(24)11-9-13/h3-11,24H,2H2,1H3,(H2,22,23,26)/t17-/m1/s1. The summed E-state index contributed by atoms with van der Waals surface area (Å²) in [5.41, 5.74) is -3.75. The van der Waals surface area contributed by atoms with Crippen molar-refractivity contribution in [3.8, 4) is 5.75 Å². The van der Waals surface area contributed by atoms with E-state index in [4.69, 9.17) is 0 Å². The summed E-state index contributed by atoms with van der Waals surface area (Å²) < 4.78 is 46.7. The van der Waals surface area contributed by atoms with Gasteiger partial charge in [0.2, 0.25) is 0 Å². The Labute approximate surface area is 153 Å². The Morgan fingerprint density at radius 1 is 1.04 bits per heavy atom. The summed E-state index contributed by atoms with van der Waals surface area (Å²) in [5.74, 6) is -1.73. The summed E-state index contributed by atoms with van der Waals surface area (Å²) in [6.45, 7) is 1.06. The number of phenolic OH excluding ortho intramolecular Hbond substituents is 1. The normalized spacial score (nSPS) is 13.3. The third-order valence-corrected chi connectivity index (χ3v) is 3.64. The van der Waals surface area contributed by atoms with Crippen LogP contribution in [0.15, 0.2) is 54.6 Å². The van der Waals surface area contributed by atoms with Crippen molar-refractivity contribution in [2.75, 3.05) is 11.9 Å². The molecule has 0 unspecified atom stereocenters. The number of alkyl halides is 3. The monoisotopic (exact) mass is 382 g/mol. The number of anilines is 1. The molecule has 6 nitrogen and oxygen atoms in total. The van der Waals surface area contributed by atoms with Crippen LogP contribution in [-0.4, -0.2) is 29.9 Å². The number of rotatable bonds is 5. The first-order valence-electron chi connectivity index (χ1n) is 7.88. The first-order valence-corrected chi connectivity index (χ1v) is 7.88. The highest BCUT2D eigenvalue weighted by molar-refractivity contribution is 5.95. The number of ether oxygens (including phenoxy) is 1. The Morgan fingerprint density at radius 2 is 1.63 bits per heavy atom. The van der Waals surface area contributed by atoms with Crippen LogP contribution < -0.4 is 10.6 Å². The number of esters is 1. The summed E-state index contributed by atoms with van der Waals surface area (Å²) in [6.07, 6.45) is -5.17. The molecule has 2 aromatic carbocycles. The van der Waals surface area contributed by atoms with Crippen molar-refractivity contribution >= 4 is 17.7 Å². The Balaban J connectivity index is 2.43. The zero-order chi connectivity index (χ0) is 20.1. The molecule has 0 bridgehead atoms. The van der Waals surface area contributed by atoms with Gasteiger partial charge >= 0.3 is 18.2 Å². The number of benzene rings is 2. The summed E-state index contributed by atoms with van der Waals surface area (Å²) in [5, 5.41) is 13.1. The minimum Gasteiger partial charge on any atom is -0.508 e. The number of carbonyl (C=O) groups excluding carboxylic acids is 2. The molecule has 0 fully saturated rings. The zero-order valence-corrected chi connectivity index (χ0v) is 14.2. The molecule has 9 heteroatoms. The fraction of sp³-hybridized carbons (Fsp3) is 0.222. The molecule has 27 heavy (non-hydrogen) atoms. The lowest BCUT2D eigenvalue weighted by atomic mass is 9.89. The molecule has 0 radical (unpaired) electrons. The van der Waals surface area contributed by atoms with Crippen LogP contribution in [0.1, 0.15) is 12.5 Å². The fourth-order valence-corrected chi connectivity index (χ4v) is 2.40. The molecule has 2 aromatic rings. The molecule has 0 saturated carbocycles. The van der Waals surface area contributed by atoms with Gasteiger partial charge in [-0.05, 0) is 36.8 Å². The Bertz CT molecular complexity index is 795. The lowest BCUT2D eigenvalue weighted by Gasteiger charge is -2.34. The van der Waals surface area contributed by atoms with Crippen molar-refractivity contribution in [2.45, 2.75) is 18.6 Å². The van der Waals surface area contributed by atoms with E-state index in [9.17, 15) is 27.9 Å². The van der Waals surface area contributed by atoms with Crippen LogP contribution in [0.4, 0.5) is 23.7 Å². The first-order chi connectivity index (χ1) is 12.7. The van der Waals surface area contributed by atoms with E-state index in [1.807, 2.05) is 0 Å². The summed E-state index contributed by atoms with van der Waals surface area (Å²) in [4.78, 5) is 24.6. The summed E-state index contributed by atoms with van der Waals surface area (Å²) in [6, 6.07) is 10.1. The minimum absolute atomic E-state index is 0.0820. The Morgan fingerprint density at radius 3 is 2.15 bits per heavy atom. The van der Waals surface area contributed by atoms with E-state index in [0.717, 1.165) is 12.1 Å². The van der Waals surface area contributed by atoms with Gasteiger partial charge in [0.15, 0.2) is 0 Å². The van der Waals surface area contributed by atoms with E-state index in [0.29, 0.717) is 0 Å². The topological polar surface area (TPSA) is 87.7 Å². The summed E-state index contributed by atoms with van der Waals surface area (Å²) in [7, 11) is 0. The van der Waals surface area contributed by atoms with Crippen LogP contribution in [0.2, 0.25) is 0 Å². The van der Waals surface area contributed by atoms with Gasteiger partial charge in [-0.15, -0.1) is 0 Å². The number of phenols is 1. The number of hydrogen-bond donors (Lipinski definition) is 3. The molecule has 144 valence electrons. The highest BCUT2D eigenvalue weighted by atomic mass is 19.4. The van der Waals surface area contributed by atoms with E-state index in [-0.39, 0.29) is 18.0 Å². The second-order valence-electron chi connectivity index (χ2n) is 5.46. The van der Waals surface area contributed by atoms with Crippen LogP contribution in [0, 0.1) is 0 Å². The Kier molecular flexibility index (Phi) is 5.94. The highest BCUT2D eigenvalue weighted by Gasteiger charge is 2.64. The van der Waals surface area contributed by atoms with Gasteiger partial charge in [0.25, 0.3) is 5.54 Å². The average Bonchev–Trinajstić information content (AvgIpc) is 2.61. The van der Waals surface area contributed by atoms with E-state index >= 15 is 0 Å². The van der Waals surface area contributed by atoms with Crippen molar-refractivity contribution in [1.29, 1.82) is 0 Å². The highest BCUT2D eigenvalue weighted by Crippen LogP contribution is 2.40. The maximum atomic E-state index is 14.0. The molecule has 0 saturated heterocycles. The number of nitrogens with one attached hydrogen (secondary N) is 2. The fourth-order valence-electron chi connectivity index (χ4n) is 2.40. The molecule has 1 atom stereocenters. The van der Waals surface area contributed by atoms with Gasteiger partial charge in [-0.25, -0.2) is 9.59 Å². The zero-order valence-electron chi connectivity index (χ0n) is 14.2. The van der Waals surface area contributed by atoms with Crippen LogP contribution in [0.3, 0.4) is 0 Å². The van der Waals surface area contributed by atoms with Crippen LogP contribution >= 0.6 is 0 Å². The van der Waals surface area contributed by atoms with Crippen LogP contribution in [0.5, 0.6) is 5.75 Å². The van der Waals surface area contributed by atoms with E-state index in [2.05, 4.69) is 10.1 Å². The predicted octanol–water partition coefficient (Wildman–Crippen LogP) is 3.53. The van der Waals surface area contributed by atoms with Crippen LogP contribution in [0.25, 0.3) is 0 Å². The first kappa shape index (κ1) is 20.1. The maximum Gasteiger partial charge on any atom is 0.426 e. The SMILES string of the molecule is CCOC(=O)[C@](NC(=O)Nc1ccc(O)cc1)(c1ccccc1)C(F)(F)F. The van der Waals surface area contributed by atoms with Gasteiger partial charge in [0, 0.05) is 5.69 Å². The summed E-state index contributed by atoms with van der Waals surface area (Å²) >= 11 is 0. The molecule has 2 rings (SSSR count). The second-order valence-corrected chi connectivity index (χ2v) is 5.46. The van der Waals surface area contributed by atoms with Crippen molar-refractivity contribution in [1.82, 2.24) is 5.32 Å². The Hall–Kier alpha value is -3.23. The van der Waals surface area contributed by atoms with E-state index in [1.54, 1.807) is 5.32 Å². The van der Waals surface area contributed by atoms with Gasteiger partial charge in [-0.3, -0.25) is 0 Å². The largest absolute Gasteiger partial charge is 0.508 e. The molecule has 3 N–H and O–H groups in total. The van der Waals surface area contributed by atoms with Gasteiger partial charge < -0.3 is 20.5 Å². The van der Waals surface area contributed by atoms with Crippen molar-refractivity contribution in [3.05, 3.63) is 60.2 Å². The van der Waals surface area contributed by atoms with Crippen molar-refractivity contribution in [3.63, 3.8) is 0 Å². The van der Waals surface area contributed by atoms with E-state index in [1.165, 1.54) is 49.4 Å². The third kappa shape index (κ3) is 4.30. The smallest absolute Gasteiger partial charge is 0.426 e. The maximum absolute atomic E-state index is 14.0. The van der Waals surface area contributed by atoms with Gasteiger partial charge in [0.05, 0.1) is 6.61 Å². The molecule has 0 aliphatic rings. The number of hydrogen-bond acceptors (Lipinski definition) is 4. The number of carbonyl (C=O) groups is 2. The number of halogens is 3. The second kappa shape index (κ2) is 7.98. The molecule has 0 spiro atoms. The number of urea groups is 1. The van der Waals surface area contributed by atoms with E-state index < -0.39 is 29.3 Å². The molecule has 0 aliphatic carbocycles. The third-order valence-electron chi connectivity index (χ3n) is 3.64. The average molecular weight is 382 g/mol. The molecular weight excluding hydrogens is 365 g/mol. The number of aromatic hydroxyl groups is 1. The van der Waals surface area contributed by atoms with Crippen LogP contribution in [-0.2, 0) is 15.1 Å². The van der Waals surface area contributed by atoms with Crippen molar-refractivity contribution < 1.29 is 32.6 Å². The molecular formula is C18H17F3N2O4. The van der Waals surface area contributed by atoms with Gasteiger partial charge in [-0.1, -0.05) is 30.3 Å². The van der Waals surface area contributed by atoms with Gasteiger partial charge in [0.1, 0.15) is 5.75 Å².